The summed E-state index contributed by atoms with van der Waals surface area (Å²) in [6, 6.07) is 3.98. The van der Waals surface area contributed by atoms with Gasteiger partial charge in [-0.1, -0.05) is 127 Å². The number of likely N-dealkylation sites (N-methyl/N-ethyl adjacent to an activating group) is 2. The first kappa shape index (κ1) is 82.6. The van der Waals surface area contributed by atoms with Gasteiger partial charge in [0.25, 0.3) is 0 Å². The lowest BCUT2D eigenvalue weighted by Crippen LogP contribution is -2.60. The Kier molecular flexibility index (Phi) is 36.2. The number of carbonyl (C=O) groups excluding carboxylic acids is 11. The minimum atomic E-state index is -1.13. The molecule has 0 aromatic heterocycles. The van der Waals surface area contributed by atoms with Gasteiger partial charge in [-0.2, -0.15) is 0 Å². The van der Waals surface area contributed by atoms with Gasteiger partial charge in [0.15, 0.2) is 5.78 Å². The van der Waals surface area contributed by atoms with Crippen LogP contribution in [0.2, 0.25) is 0 Å². The van der Waals surface area contributed by atoms with E-state index in [0.29, 0.717) is 45.1 Å². The largest absolute Gasteiger partial charge is 0.481 e. The van der Waals surface area contributed by atoms with Crippen LogP contribution in [0.15, 0.2) is 30.3 Å². The van der Waals surface area contributed by atoms with Crippen molar-refractivity contribution in [1.29, 1.82) is 0 Å². The Labute approximate surface area is 557 Å². The standard InChI is InChI=1S/C67H109N9O15S.CH4/c1-16-43(10)60(51(90-14)36-54(80)75-32-24-28-48(75)61(91-15)44(11)49(77)35-47(66(87)88)33-45-25-19-17-20-26-45)74(13)65(86)58(40(4)5)72-63(84)59(41(6)7)73(12)56(82)38-70-62(83)46(27-23-30-69-67(68)89)34-50(78)57(39(2)3)71-53(79)29-21-18-22-31-76-55(81)37-52(64(76)85)92-42(8)9;/h17,19-20,25-26,39-44,46-48,51-52,57-61H,16,18,21-24,27-38H2,1-15H3,(H,70,83)(H,71,79)(H,72,84)(H,87,88)(H3,68,69,89);1H4/t43-,44-,46+,47+,48-,51+,52?,57-,58-,59-,60?,61+;/m0./s1. The molecule has 2 aliphatic rings. The highest BCUT2D eigenvalue weighted by Crippen LogP contribution is 2.32. The summed E-state index contributed by atoms with van der Waals surface area (Å²) < 4.78 is 12.0. The molecule has 1 aromatic rings. The number of rotatable bonds is 42. The monoisotopic (exact) mass is 1330 g/mol. The number of benzene rings is 1. The number of unbranched alkanes of at least 4 members (excludes halogenated alkanes) is 2. The molecular formula is C68H113N9O15S. The minimum Gasteiger partial charge on any atom is -0.481 e. The fourth-order valence-corrected chi connectivity index (χ4v) is 13.7. The quantitative estimate of drug-likeness (QED) is 0.0314. The number of nitrogens with zero attached hydrogens (tertiary/aromatic N) is 4. The first-order valence-corrected chi connectivity index (χ1v) is 33.9. The number of hydrogen-bond acceptors (Lipinski definition) is 15. The van der Waals surface area contributed by atoms with Crippen LogP contribution in [0, 0.1) is 41.4 Å². The van der Waals surface area contributed by atoms with Crippen molar-refractivity contribution in [3.8, 4) is 0 Å². The van der Waals surface area contributed by atoms with Gasteiger partial charge in [-0.05, 0) is 79.4 Å². The highest BCUT2D eigenvalue weighted by atomic mass is 32.2. The molecule has 2 fully saturated rings. The van der Waals surface area contributed by atoms with Gasteiger partial charge in [-0.25, -0.2) is 4.79 Å². The van der Waals surface area contributed by atoms with Gasteiger partial charge in [-0.3, -0.25) is 57.6 Å². The minimum absolute atomic E-state index is 0. The van der Waals surface area contributed by atoms with E-state index in [1.165, 1.54) is 47.7 Å². The van der Waals surface area contributed by atoms with Crippen molar-refractivity contribution in [3.05, 3.63) is 35.9 Å². The number of aliphatic carboxylic acids is 1. The molecule has 1 aromatic carbocycles. The van der Waals surface area contributed by atoms with E-state index in [1.807, 2.05) is 58.0 Å². The van der Waals surface area contributed by atoms with Crippen LogP contribution in [0.4, 0.5) is 4.79 Å². The molecule has 0 bridgehead atoms. The Morgan fingerprint density at radius 3 is 1.95 bits per heavy atom. The molecule has 2 aliphatic heterocycles. The van der Waals surface area contributed by atoms with Gasteiger partial charge in [0.1, 0.15) is 17.9 Å². The second-order valence-electron chi connectivity index (χ2n) is 26.3. The highest BCUT2D eigenvalue weighted by molar-refractivity contribution is 8.01. The lowest BCUT2D eigenvalue weighted by molar-refractivity contribution is -0.149. The molecule has 0 saturated carbocycles. The first-order chi connectivity index (χ1) is 43.3. The number of amides is 10. The third-order valence-corrected chi connectivity index (χ3v) is 19.2. The lowest BCUT2D eigenvalue weighted by Gasteiger charge is -2.41. The number of Topliss-reactive ketones (excluding diaryl/α,β-unsaturated/α-hetero) is 2. The summed E-state index contributed by atoms with van der Waals surface area (Å²) >= 11 is 1.47. The molecule has 0 spiro atoms. The first-order valence-electron chi connectivity index (χ1n) is 32.9. The van der Waals surface area contributed by atoms with Crippen LogP contribution >= 0.6 is 11.8 Å². The number of methoxy groups -OCH3 is 2. The van der Waals surface area contributed by atoms with Crippen molar-refractivity contribution in [2.75, 3.05) is 54.5 Å². The predicted octanol–water partition coefficient (Wildman–Crippen LogP) is 6.18. The maximum atomic E-state index is 14.9. The molecule has 24 nitrogen and oxygen atoms in total. The van der Waals surface area contributed by atoms with Crippen LogP contribution in [0.3, 0.4) is 0 Å². The van der Waals surface area contributed by atoms with Crippen molar-refractivity contribution in [1.82, 2.24) is 40.9 Å². The Morgan fingerprint density at radius 2 is 1.39 bits per heavy atom. The summed E-state index contributed by atoms with van der Waals surface area (Å²) in [7, 11) is 5.98. The summed E-state index contributed by atoms with van der Waals surface area (Å²) in [5.41, 5.74) is 6.07. The topological polar surface area (TPSA) is 331 Å². The van der Waals surface area contributed by atoms with Crippen molar-refractivity contribution >= 4 is 82.6 Å². The van der Waals surface area contributed by atoms with Crippen molar-refractivity contribution < 1.29 is 72.1 Å². The zero-order valence-electron chi connectivity index (χ0n) is 57.3. The van der Waals surface area contributed by atoms with Gasteiger partial charge in [-0.15, -0.1) is 11.8 Å². The van der Waals surface area contributed by atoms with E-state index in [2.05, 4.69) is 21.3 Å². The normalized spacial score (nSPS) is 18.1. The summed E-state index contributed by atoms with van der Waals surface area (Å²) in [5.74, 6) is -9.42. The van der Waals surface area contributed by atoms with Gasteiger partial charge in [0, 0.05) is 85.5 Å². The third kappa shape index (κ3) is 25.3. The second kappa shape index (κ2) is 40.7. The number of carboxylic acids is 1. The lowest BCUT2D eigenvalue weighted by atomic mass is 9.85. The number of ketones is 2. The van der Waals surface area contributed by atoms with E-state index >= 15 is 0 Å². The van der Waals surface area contributed by atoms with E-state index in [1.54, 1.807) is 60.4 Å². The summed E-state index contributed by atoms with van der Waals surface area (Å²) in [5, 5.41) is 20.8. The number of imide groups is 1. The van der Waals surface area contributed by atoms with Crippen LogP contribution in [0.5, 0.6) is 0 Å². The van der Waals surface area contributed by atoms with Crippen LogP contribution in [-0.2, 0) is 68.6 Å². The molecule has 7 N–H and O–H groups in total. The van der Waals surface area contributed by atoms with E-state index in [4.69, 9.17) is 15.2 Å². The van der Waals surface area contributed by atoms with Crippen molar-refractivity contribution in [2.24, 2.45) is 47.2 Å². The van der Waals surface area contributed by atoms with E-state index in [0.717, 1.165) is 5.56 Å². The van der Waals surface area contributed by atoms with Crippen LogP contribution in [0.1, 0.15) is 173 Å². The number of carbonyl (C=O) groups is 12. The molecule has 2 unspecified atom stereocenters. The molecule has 25 heteroatoms. The number of carboxylic acid groups (broad SMARTS) is 1. The average Bonchev–Trinajstić information content (AvgIpc) is 1.85. The van der Waals surface area contributed by atoms with Crippen molar-refractivity contribution in [3.63, 3.8) is 0 Å². The number of nitrogens with two attached hydrogens (primary N) is 1. The number of urea groups is 1. The van der Waals surface area contributed by atoms with Crippen molar-refractivity contribution in [2.45, 2.75) is 226 Å². The number of primary amides is 1. The van der Waals surface area contributed by atoms with Gasteiger partial charge < -0.3 is 56.3 Å². The van der Waals surface area contributed by atoms with E-state index in [9.17, 15) is 62.6 Å². The Bertz CT molecular complexity index is 2640. The van der Waals surface area contributed by atoms with Gasteiger partial charge >= 0.3 is 12.0 Å². The number of likely N-dealkylation sites (tertiary alicyclic amines) is 2. The average molecular weight is 1330 g/mol. The van der Waals surface area contributed by atoms with E-state index < -0.39 is 120 Å². The number of hydrogen-bond donors (Lipinski definition) is 6. The molecule has 10 amide bonds. The van der Waals surface area contributed by atoms with Gasteiger partial charge in [0.2, 0.25) is 47.3 Å². The molecule has 0 radical (unpaired) electrons. The summed E-state index contributed by atoms with van der Waals surface area (Å²) in [6.45, 7) is 20.3. The van der Waals surface area contributed by atoms with Crippen LogP contribution in [-0.4, -0.2) is 203 Å². The molecule has 12 atom stereocenters. The zero-order valence-corrected chi connectivity index (χ0v) is 58.1. The molecule has 526 valence electrons. The maximum absolute atomic E-state index is 14.9. The third-order valence-electron chi connectivity index (χ3n) is 17.9. The van der Waals surface area contributed by atoms with Crippen LogP contribution in [0.25, 0.3) is 0 Å². The second-order valence-corrected chi connectivity index (χ2v) is 28.1. The SMILES string of the molecule is C.CC[C@H](C)C([C@@H](CC(=O)N1CCC[C@H]1[C@H](OC)[C@@H](C)C(=O)C[C@@H](Cc1ccccc1)C(=O)O)OC)N(C)C(=O)[C@@H](NC(=O)[C@H](C(C)C)N(C)C(=O)CNC(=O)[C@H](CCCNC(N)=O)CC(=O)[C@@H](NC(=O)CCCCCN1C(=O)CC(SC(C)C)C1=O)C(C)C)C(C)C. The molecule has 93 heavy (non-hydrogen) atoms. The fraction of sp³-hybridized carbons (Fsp3) is 0.735. The highest BCUT2D eigenvalue weighted by Gasteiger charge is 2.45. The number of thioether (sulfide) groups is 1. The molecule has 2 heterocycles. The maximum Gasteiger partial charge on any atom is 0.312 e. The Morgan fingerprint density at radius 1 is 0.753 bits per heavy atom. The zero-order chi connectivity index (χ0) is 69.3. The number of nitrogens with one attached hydrogen (secondary N) is 4. The molecule has 0 aliphatic carbocycles. The molecule has 2 saturated heterocycles. The predicted molar refractivity (Wildman–Crippen MR) is 358 cm³/mol. The summed E-state index contributed by atoms with van der Waals surface area (Å²) in [6.07, 6.45) is 1.89. The fourth-order valence-electron chi connectivity index (χ4n) is 12.6. The molecule has 3 rings (SSSR count). The van der Waals surface area contributed by atoms with Crippen LogP contribution < -0.4 is 27.0 Å². The molecular weight excluding hydrogens is 1210 g/mol. The summed E-state index contributed by atoms with van der Waals surface area (Å²) in [4.78, 5) is 168. The van der Waals surface area contributed by atoms with E-state index in [-0.39, 0.29) is 124 Å². The Balaban J connectivity index is 0.0000295. The smallest absolute Gasteiger partial charge is 0.312 e. The van der Waals surface area contributed by atoms with Gasteiger partial charge in [0.05, 0.1) is 54.5 Å². The Hall–Kier alpha value is -6.47. The number of ether oxygens (including phenoxy) is 2.